The number of aromatic nitrogens is 1. The summed E-state index contributed by atoms with van der Waals surface area (Å²) in [6, 6.07) is 12.7. The number of pyridine rings is 1. The molecule has 0 radical (unpaired) electrons. The van der Waals surface area contributed by atoms with Crippen LogP contribution in [0.3, 0.4) is 0 Å². The first-order valence-electron chi connectivity index (χ1n) is 10.1. The fourth-order valence-electron chi connectivity index (χ4n) is 4.36. The first-order valence-corrected chi connectivity index (χ1v) is 10.5. The van der Waals surface area contributed by atoms with Crippen LogP contribution in [0.2, 0.25) is 5.02 Å². The van der Waals surface area contributed by atoms with E-state index in [0.717, 1.165) is 48.5 Å². The molecular formula is C23H28ClNO. The fourth-order valence-corrected chi connectivity index (χ4v) is 4.49. The largest absolute Gasteiger partial charge is 0.387 e. The van der Waals surface area contributed by atoms with Gasteiger partial charge in [0.2, 0.25) is 0 Å². The highest BCUT2D eigenvalue weighted by Gasteiger charge is 2.30. The maximum absolute atomic E-state index is 11.0. The van der Waals surface area contributed by atoms with Gasteiger partial charge in [0.05, 0.1) is 11.8 Å². The highest BCUT2D eigenvalue weighted by molar-refractivity contribution is 6.30. The normalized spacial score (nSPS) is 24.4. The number of hydrogen-bond acceptors (Lipinski definition) is 2. The minimum Gasteiger partial charge on any atom is -0.387 e. The molecule has 1 unspecified atom stereocenters. The van der Waals surface area contributed by atoms with Gasteiger partial charge >= 0.3 is 0 Å². The Morgan fingerprint density at radius 2 is 1.58 bits per heavy atom. The highest BCUT2D eigenvalue weighted by atomic mass is 35.5. The summed E-state index contributed by atoms with van der Waals surface area (Å²) in [5.41, 5.74) is 4.80. The number of aliphatic hydroxyl groups is 1. The van der Waals surface area contributed by atoms with E-state index in [1.165, 1.54) is 24.0 Å². The van der Waals surface area contributed by atoms with E-state index < -0.39 is 6.10 Å². The number of benzene rings is 1. The number of nitrogens with zero attached hydrogens (tertiary/aromatic N) is 1. The van der Waals surface area contributed by atoms with Crippen molar-refractivity contribution < 1.29 is 5.11 Å². The van der Waals surface area contributed by atoms with Gasteiger partial charge in [0, 0.05) is 10.7 Å². The number of hydrogen-bond donors (Lipinski definition) is 1. The van der Waals surface area contributed by atoms with Crippen LogP contribution < -0.4 is 0 Å². The molecule has 0 spiro atoms. The van der Waals surface area contributed by atoms with Crippen LogP contribution in [0.4, 0.5) is 0 Å². The van der Waals surface area contributed by atoms with E-state index in [9.17, 15) is 5.11 Å². The summed E-state index contributed by atoms with van der Waals surface area (Å²) in [4.78, 5) is 4.76. The Morgan fingerprint density at radius 3 is 2.19 bits per heavy atom. The Morgan fingerprint density at radius 1 is 0.962 bits per heavy atom. The van der Waals surface area contributed by atoms with E-state index in [-0.39, 0.29) is 0 Å². The molecule has 3 heteroatoms. The molecule has 4 rings (SSSR count). The van der Waals surface area contributed by atoms with Gasteiger partial charge < -0.3 is 5.11 Å². The topological polar surface area (TPSA) is 33.1 Å². The standard InChI is InChI=1S/C23H28ClNO/c1-2-21-13-19(17-3-4-17)14-22(25-21)23(26)18-7-5-15(6-8-18)16-9-11-20(24)12-10-16/h9-15,17-18,23,26H,2-8H2,1H3. The van der Waals surface area contributed by atoms with Crippen LogP contribution in [0.25, 0.3) is 0 Å². The van der Waals surface area contributed by atoms with E-state index in [1.807, 2.05) is 12.1 Å². The lowest BCUT2D eigenvalue weighted by molar-refractivity contribution is 0.0770. The molecular weight excluding hydrogens is 342 g/mol. The molecule has 2 saturated carbocycles. The van der Waals surface area contributed by atoms with Gasteiger partial charge in [-0.2, -0.15) is 0 Å². The lowest BCUT2D eigenvalue weighted by Gasteiger charge is -2.31. The van der Waals surface area contributed by atoms with Crippen LogP contribution in [-0.2, 0) is 6.42 Å². The molecule has 138 valence electrons. The lowest BCUT2D eigenvalue weighted by atomic mass is 9.76. The number of halogens is 1. The zero-order chi connectivity index (χ0) is 18.1. The Kier molecular flexibility index (Phi) is 5.33. The van der Waals surface area contributed by atoms with Crippen molar-refractivity contribution in [2.24, 2.45) is 5.92 Å². The predicted octanol–water partition coefficient (Wildman–Crippen LogP) is 6.18. The molecule has 0 saturated heterocycles. The van der Waals surface area contributed by atoms with Gasteiger partial charge in [-0.3, -0.25) is 4.98 Å². The molecule has 26 heavy (non-hydrogen) atoms. The smallest absolute Gasteiger partial charge is 0.0987 e. The zero-order valence-corrected chi connectivity index (χ0v) is 16.3. The molecule has 2 nitrogen and oxygen atoms in total. The van der Waals surface area contributed by atoms with Gasteiger partial charge in [-0.15, -0.1) is 0 Å². The molecule has 2 aliphatic carbocycles. The number of aryl methyl sites for hydroxylation is 1. The van der Waals surface area contributed by atoms with E-state index in [2.05, 4.69) is 31.2 Å². The van der Waals surface area contributed by atoms with Gasteiger partial charge in [0.15, 0.2) is 0 Å². The van der Waals surface area contributed by atoms with Crippen LogP contribution in [0.5, 0.6) is 0 Å². The van der Waals surface area contributed by atoms with Crippen LogP contribution in [0, 0.1) is 5.92 Å². The molecule has 2 aliphatic rings. The Labute approximate surface area is 161 Å². The zero-order valence-electron chi connectivity index (χ0n) is 15.5. The second-order valence-corrected chi connectivity index (χ2v) is 8.49. The van der Waals surface area contributed by atoms with Crippen molar-refractivity contribution in [3.05, 3.63) is 63.9 Å². The summed E-state index contributed by atoms with van der Waals surface area (Å²) in [7, 11) is 0. The minimum atomic E-state index is -0.426. The molecule has 0 aliphatic heterocycles. The van der Waals surface area contributed by atoms with Crippen LogP contribution >= 0.6 is 11.6 Å². The SMILES string of the molecule is CCc1cc(C2CC2)cc(C(O)C2CCC(c3ccc(Cl)cc3)CC2)n1. The van der Waals surface area contributed by atoms with Gasteiger partial charge in [0.25, 0.3) is 0 Å². The molecule has 1 aromatic heterocycles. The average Bonchev–Trinajstić information content (AvgIpc) is 3.53. The maximum Gasteiger partial charge on any atom is 0.0987 e. The highest BCUT2D eigenvalue weighted by Crippen LogP contribution is 2.43. The van der Waals surface area contributed by atoms with Crippen LogP contribution in [-0.4, -0.2) is 10.1 Å². The second-order valence-electron chi connectivity index (χ2n) is 8.05. The third kappa shape index (κ3) is 3.97. The summed E-state index contributed by atoms with van der Waals surface area (Å²) in [6.45, 7) is 2.15. The average molecular weight is 370 g/mol. The first-order chi connectivity index (χ1) is 12.6. The third-order valence-electron chi connectivity index (χ3n) is 6.19. The summed E-state index contributed by atoms with van der Waals surface area (Å²) in [5, 5.41) is 11.8. The minimum absolute atomic E-state index is 0.324. The quantitative estimate of drug-likeness (QED) is 0.682. The summed E-state index contributed by atoms with van der Waals surface area (Å²) < 4.78 is 0. The van der Waals surface area contributed by atoms with Crippen molar-refractivity contribution in [3.63, 3.8) is 0 Å². The Hall–Kier alpha value is -1.38. The summed E-state index contributed by atoms with van der Waals surface area (Å²) in [5.74, 6) is 1.62. The molecule has 0 bridgehead atoms. The van der Waals surface area contributed by atoms with E-state index >= 15 is 0 Å². The Bertz CT molecular complexity index is 745. The van der Waals surface area contributed by atoms with E-state index in [0.29, 0.717) is 17.8 Å². The molecule has 1 N–H and O–H groups in total. The fraction of sp³-hybridized carbons (Fsp3) is 0.522. The molecule has 1 aromatic carbocycles. The van der Waals surface area contributed by atoms with Gasteiger partial charge in [0.1, 0.15) is 0 Å². The first kappa shape index (κ1) is 18.0. The van der Waals surface area contributed by atoms with Crippen molar-refractivity contribution in [2.45, 2.75) is 69.8 Å². The van der Waals surface area contributed by atoms with E-state index in [1.54, 1.807) is 0 Å². The van der Waals surface area contributed by atoms with Crippen molar-refractivity contribution in [1.29, 1.82) is 0 Å². The number of rotatable bonds is 5. The van der Waals surface area contributed by atoms with E-state index in [4.69, 9.17) is 16.6 Å². The Balaban J connectivity index is 1.44. The van der Waals surface area contributed by atoms with Gasteiger partial charge in [-0.1, -0.05) is 30.7 Å². The van der Waals surface area contributed by atoms with Crippen LogP contribution in [0.1, 0.15) is 85.9 Å². The van der Waals surface area contributed by atoms with Crippen molar-refractivity contribution in [2.75, 3.05) is 0 Å². The molecule has 0 amide bonds. The molecule has 2 aromatic rings. The molecule has 1 heterocycles. The third-order valence-corrected chi connectivity index (χ3v) is 6.45. The maximum atomic E-state index is 11.0. The van der Waals surface area contributed by atoms with Crippen molar-refractivity contribution in [3.8, 4) is 0 Å². The summed E-state index contributed by atoms with van der Waals surface area (Å²) in [6.07, 6.45) is 7.47. The second kappa shape index (κ2) is 7.70. The van der Waals surface area contributed by atoms with Gasteiger partial charge in [-0.25, -0.2) is 0 Å². The summed E-state index contributed by atoms with van der Waals surface area (Å²) >= 11 is 6.01. The van der Waals surface area contributed by atoms with Crippen molar-refractivity contribution >= 4 is 11.6 Å². The van der Waals surface area contributed by atoms with Crippen LogP contribution in [0.15, 0.2) is 36.4 Å². The lowest BCUT2D eigenvalue weighted by Crippen LogP contribution is -2.21. The van der Waals surface area contributed by atoms with Crippen molar-refractivity contribution in [1.82, 2.24) is 4.98 Å². The number of aliphatic hydroxyl groups excluding tert-OH is 1. The molecule has 1 atom stereocenters. The van der Waals surface area contributed by atoms with Gasteiger partial charge in [-0.05, 0) is 98.1 Å². The molecule has 2 fully saturated rings. The monoisotopic (exact) mass is 369 g/mol. The predicted molar refractivity (Wildman–Crippen MR) is 107 cm³/mol.